The second kappa shape index (κ2) is 12.2. The Morgan fingerprint density at radius 3 is 1.90 bits per heavy atom. The molecule has 0 unspecified atom stereocenters. The van der Waals surface area contributed by atoms with E-state index in [9.17, 15) is 0 Å². The molecule has 1 heterocycles. The van der Waals surface area contributed by atoms with Gasteiger partial charge in [0.2, 0.25) is 0 Å². The van der Waals surface area contributed by atoms with Crippen LogP contribution in [0.1, 0.15) is 18.9 Å². The largest absolute Gasteiger partial charge is 4.00 e. The molecule has 0 radical (unpaired) electrons. The van der Waals surface area contributed by atoms with Gasteiger partial charge in [-0.05, 0) is 16.5 Å². The Morgan fingerprint density at radius 2 is 1.34 bits per heavy atom. The summed E-state index contributed by atoms with van der Waals surface area (Å²) in [4.78, 5) is 0. The fraction of sp³-hybridized carbons (Fsp3) is 0.120. The van der Waals surface area contributed by atoms with Crippen molar-refractivity contribution in [2.45, 2.75) is 19.8 Å². The zero-order valence-corrected chi connectivity index (χ0v) is 20.3. The minimum Gasteiger partial charge on any atom is -1.00 e. The molecule has 0 aliphatic carbocycles. The molecule has 146 valence electrons. The molecular weight excluding hydrogens is 476 g/mol. The third-order valence-corrected chi connectivity index (χ3v) is 4.72. The zero-order valence-electron chi connectivity index (χ0n) is 16.4. The van der Waals surface area contributed by atoms with E-state index in [4.69, 9.17) is 0 Å². The van der Waals surface area contributed by atoms with Gasteiger partial charge >= 0.3 is 26.2 Å². The van der Waals surface area contributed by atoms with Gasteiger partial charge in [-0.15, -0.1) is 41.1 Å². The Hall–Kier alpha value is -1.60. The summed E-state index contributed by atoms with van der Waals surface area (Å²) in [6.07, 6.45) is 6.85. The number of halogens is 2. The van der Waals surface area contributed by atoms with Crippen LogP contribution >= 0.6 is 0 Å². The Bertz CT molecular complexity index is 968. The maximum Gasteiger partial charge on any atom is 4.00 e. The van der Waals surface area contributed by atoms with E-state index in [0.717, 1.165) is 0 Å². The van der Waals surface area contributed by atoms with Gasteiger partial charge in [0.25, 0.3) is 0 Å². The Kier molecular flexibility index (Phi) is 10.7. The second-order valence-corrected chi connectivity index (χ2v) is 6.68. The molecule has 4 aromatic carbocycles. The summed E-state index contributed by atoms with van der Waals surface area (Å²) in [5, 5.41) is 5.15. The molecule has 0 atom stereocenters. The summed E-state index contributed by atoms with van der Waals surface area (Å²) >= 11 is 0. The second-order valence-electron chi connectivity index (χ2n) is 6.68. The first-order chi connectivity index (χ1) is 12.8. The number of hydrogen-bond acceptors (Lipinski definition) is 0. The fourth-order valence-corrected chi connectivity index (χ4v) is 3.38. The van der Waals surface area contributed by atoms with Crippen LogP contribution in [0.4, 0.5) is 0 Å². The molecule has 0 N–H and O–H groups in total. The molecule has 0 aliphatic heterocycles. The number of aryl methyl sites for hydroxylation is 1. The third-order valence-electron chi connectivity index (χ3n) is 4.72. The van der Waals surface area contributed by atoms with Crippen LogP contribution in [0.15, 0.2) is 97.3 Å². The number of fused-ring (bicyclic) bond motifs is 2. The minimum atomic E-state index is 0. The van der Waals surface area contributed by atoms with E-state index in [-0.39, 0.29) is 51.0 Å². The molecule has 0 aliphatic rings. The summed E-state index contributed by atoms with van der Waals surface area (Å²) in [6.45, 7) is 2.20. The predicted octanol–water partition coefficient (Wildman–Crippen LogP) is 0.866. The van der Waals surface area contributed by atoms with Gasteiger partial charge in [-0.1, -0.05) is 50.1 Å². The molecule has 5 rings (SSSR count). The van der Waals surface area contributed by atoms with Gasteiger partial charge < -0.3 is 29.4 Å². The molecule has 0 amide bonds. The van der Waals surface area contributed by atoms with Crippen LogP contribution in [-0.2, 0) is 32.6 Å². The van der Waals surface area contributed by atoms with Crippen molar-refractivity contribution >= 4 is 21.5 Å². The van der Waals surface area contributed by atoms with Gasteiger partial charge in [-0.2, -0.15) is 17.7 Å². The number of aromatic nitrogens is 1. The topological polar surface area (TPSA) is 4.93 Å². The van der Waals surface area contributed by atoms with Gasteiger partial charge in [0, 0.05) is 12.4 Å². The van der Waals surface area contributed by atoms with Gasteiger partial charge in [0.05, 0.1) is 0 Å². The molecule has 0 bridgehead atoms. The molecule has 29 heavy (non-hydrogen) atoms. The molecule has 1 nitrogen and oxygen atoms in total. The van der Waals surface area contributed by atoms with E-state index in [1.165, 1.54) is 45.6 Å². The number of hydrogen-bond donors (Lipinski definition) is 0. The SMILES string of the molecule is CCC[c-]1cccc1.[Cl-].[Cl-].[Zr+4].c1ccc2cn(-c3cc4ccccc4[cH-]3)cc2c1. The van der Waals surface area contributed by atoms with E-state index < -0.39 is 0 Å². The van der Waals surface area contributed by atoms with Crippen molar-refractivity contribution in [3.05, 3.63) is 103 Å². The molecule has 0 saturated carbocycles. The van der Waals surface area contributed by atoms with Gasteiger partial charge in [-0.25, -0.2) is 12.1 Å². The Balaban J connectivity index is 0.000000332. The van der Waals surface area contributed by atoms with Crippen molar-refractivity contribution in [3.63, 3.8) is 0 Å². The number of benzene rings is 2. The predicted molar refractivity (Wildman–Crippen MR) is 112 cm³/mol. The molecule has 0 fully saturated rings. The first-order valence-corrected chi connectivity index (χ1v) is 9.26. The summed E-state index contributed by atoms with van der Waals surface area (Å²) in [5.41, 5.74) is 2.69. The van der Waals surface area contributed by atoms with Crippen LogP contribution < -0.4 is 24.8 Å². The van der Waals surface area contributed by atoms with E-state index in [1.807, 2.05) is 0 Å². The molecule has 1 aromatic heterocycles. The number of rotatable bonds is 3. The normalized spacial score (nSPS) is 9.69. The Labute approximate surface area is 204 Å². The fourth-order valence-electron chi connectivity index (χ4n) is 3.38. The Morgan fingerprint density at radius 1 is 0.793 bits per heavy atom. The number of nitrogens with zero attached hydrogens (tertiary/aromatic N) is 1. The maximum atomic E-state index is 2.23. The monoisotopic (exact) mass is 497 g/mol. The van der Waals surface area contributed by atoms with E-state index in [1.54, 1.807) is 0 Å². The molecule has 5 aromatic rings. The van der Waals surface area contributed by atoms with Crippen molar-refractivity contribution in [2.24, 2.45) is 0 Å². The van der Waals surface area contributed by atoms with Crippen LogP contribution in [0.2, 0.25) is 0 Å². The molecule has 4 heteroatoms. The van der Waals surface area contributed by atoms with E-state index in [0.29, 0.717) is 0 Å². The first kappa shape index (κ1) is 25.4. The summed E-state index contributed by atoms with van der Waals surface area (Å²) in [5.74, 6) is 0. The van der Waals surface area contributed by atoms with Crippen LogP contribution in [0.3, 0.4) is 0 Å². The van der Waals surface area contributed by atoms with Crippen LogP contribution in [0.5, 0.6) is 0 Å². The average molecular weight is 500 g/mol. The van der Waals surface area contributed by atoms with E-state index in [2.05, 4.69) is 109 Å². The van der Waals surface area contributed by atoms with Crippen molar-refractivity contribution < 1.29 is 51.0 Å². The van der Waals surface area contributed by atoms with Gasteiger partial charge in [0.15, 0.2) is 0 Å². The standard InChI is InChI=1S/C17H12N.C8H11.2ClH.Zr/c1-2-6-14-10-17(9-13(14)5-1)18-11-15-7-3-4-8-16(15)12-18;1-2-5-8-6-3-4-7-8;;;/h1-12H;3-4,6-7H,2,5H2,1H3;2*1H;/q2*-1;;;+4/p-2. The maximum absolute atomic E-state index is 2.23. The van der Waals surface area contributed by atoms with Crippen molar-refractivity contribution in [2.75, 3.05) is 0 Å². The van der Waals surface area contributed by atoms with Gasteiger partial charge in [-0.3, -0.25) is 0 Å². The molecule has 0 saturated heterocycles. The first-order valence-electron chi connectivity index (χ1n) is 9.26. The smallest absolute Gasteiger partial charge is 1.00 e. The minimum absolute atomic E-state index is 0. The van der Waals surface area contributed by atoms with Crippen LogP contribution in [0, 0.1) is 0 Å². The van der Waals surface area contributed by atoms with Crippen molar-refractivity contribution in [1.29, 1.82) is 0 Å². The van der Waals surface area contributed by atoms with Crippen LogP contribution in [0.25, 0.3) is 27.2 Å². The van der Waals surface area contributed by atoms with Crippen LogP contribution in [-0.4, -0.2) is 4.57 Å². The van der Waals surface area contributed by atoms with E-state index >= 15 is 0 Å². The summed E-state index contributed by atoms with van der Waals surface area (Å²) < 4.78 is 2.20. The zero-order chi connectivity index (χ0) is 17.8. The van der Waals surface area contributed by atoms with Crippen molar-refractivity contribution in [3.8, 4) is 5.69 Å². The van der Waals surface area contributed by atoms with Crippen molar-refractivity contribution in [1.82, 2.24) is 4.57 Å². The third kappa shape index (κ3) is 6.19. The summed E-state index contributed by atoms with van der Waals surface area (Å²) in [6, 6.07) is 29.9. The van der Waals surface area contributed by atoms with Gasteiger partial charge in [0.1, 0.15) is 0 Å². The summed E-state index contributed by atoms with van der Waals surface area (Å²) in [7, 11) is 0. The molecular formula is C25H23Cl2NZr. The average Bonchev–Trinajstić information content (AvgIpc) is 3.40. The quantitative estimate of drug-likeness (QED) is 0.325. The molecule has 0 spiro atoms.